The number of para-hydroxylation sites is 1. The molecule has 1 aliphatic heterocycles. The molecule has 0 bridgehead atoms. The number of aryl methyl sites for hydroxylation is 1. The molecule has 5 rings (SSSR count). The van der Waals surface area contributed by atoms with Crippen LogP contribution in [0.1, 0.15) is 16.1 Å². The lowest BCUT2D eigenvalue weighted by Gasteiger charge is -2.19. The van der Waals surface area contributed by atoms with Crippen LogP contribution in [0.25, 0.3) is 16.7 Å². The normalized spacial score (nSPS) is 12.7. The van der Waals surface area contributed by atoms with Crippen molar-refractivity contribution in [3.05, 3.63) is 71.0 Å². The first-order chi connectivity index (χ1) is 14.6. The van der Waals surface area contributed by atoms with Crippen LogP contribution in [0.4, 0.5) is 5.69 Å². The van der Waals surface area contributed by atoms with Crippen molar-refractivity contribution < 1.29 is 14.3 Å². The van der Waals surface area contributed by atoms with Crippen molar-refractivity contribution in [2.45, 2.75) is 6.92 Å². The summed E-state index contributed by atoms with van der Waals surface area (Å²) in [5.41, 5.74) is 3.01. The second-order valence-corrected chi connectivity index (χ2v) is 7.21. The fraction of sp³-hybridized carbons (Fsp3) is 0.136. The first-order valence-corrected chi connectivity index (χ1v) is 9.80. The van der Waals surface area contributed by atoms with E-state index in [1.165, 1.54) is 6.20 Å². The Morgan fingerprint density at radius 3 is 2.67 bits per heavy atom. The van der Waals surface area contributed by atoms with Gasteiger partial charge in [-0.05, 0) is 31.2 Å². The van der Waals surface area contributed by atoms with E-state index in [-0.39, 0.29) is 11.5 Å². The number of fused-ring (bicyclic) bond motifs is 2. The van der Waals surface area contributed by atoms with Crippen LogP contribution in [0.15, 0.2) is 54.7 Å². The fourth-order valence-corrected chi connectivity index (χ4v) is 3.79. The third-order valence-corrected chi connectivity index (χ3v) is 5.25. The molecule has 3 heterocycles. The average molecular weight is 421 g/mol. The van der Waals surface area contributed by atoms with Gasteiger partial charge < -0.3 is 14.8 Å². The molecule has 0 unspecified atom stereocenters. The Kier molecular flexibility index (Phi) is 4.52. The van der Waals surface area contributed by atoms with E-state index in [2.05, 4.69) is 15.4 Å². The molecule has 0 radical (unpaired) electrons. The number of rotatable bonds is 3. The summed E-state index contributed by atoms with van der Waals surface area (Å²) >= 11 is 6.63. The van der Waals surface area contributed by atoms with Crippen molar-refractivity contribution >= 4 is 34.2 Å². The second-order valence-electron chi connectivity index (χ2n) is 6.83. The number of halogens is 1. The summed E-state index contributed by atoms with van der Waals surface area (Å²) in [5.74, 6) is 0.890. The van der Waals surface area contributed by atoms with Crippen molar-refractivity contribution in [3.63, 3.8) is 0 Å². The predicted molar refractivity (Wildman–Crippen MR) is 114 cm³/mol. The fourth-order valence-electron chi connectivity index (χ4n) is 3.44. The lowest BCUT2D eigenvalue weighted by Crippen LogP contribution is -2.16. The molecule has 1 N–H and O–H groups in total. The monoisotopic (exact) mass is 420 g/mol. The first-order valence-electron chi connectivity index (χ1n) is 9.42. The topological polar surface area (TPSA) is 78.3 Å². The number of amides is 1. The average Bonchev–Trinajstić information content (AvgIpc) is 3.11. The van der Waals surface area contributed by atoms with Crippen LogP contribution in [-0.2, 0) is 0 Å². The number of nitrogens with one attached hydrogen (secondary N) is 1. The van der Waals surface area contributed by atoms with Gasteiger partial charge in [-0.3, -0.25) is 4.79 Å². The van der Waals surface area contributed by atoms with E-state index >= 15 is 0 Å². The van der Waals surface area contributed by atoms with Crippen molar-refractivity contribution in [1.82, 2.24) is 14.8 Å². The Morgan fingerprint density at radius 2 is 1.87 bits per heavy atom. The maximum absolute atomic E-state index is 12.9. The molecule has 0 fully saturated rings. The Hall–Kier alpha value is -3.58. The van der Waals surface area contributed by atoms with Gasteiger partial charge in [0.15, 0.2) is 17.1 Å². The zero-order chi connectivity index (χ0) is 20.7. The number of hydrogen-bond donors (Lipinski definition) is 1. The van der Waals surface area contributed by atoms with E-state index in [9.17, 15) is 4.79 Å². The molecule has 0 aliphatic carbocycles. The minimum absolute atomic E-state index is 0.273. The van der Waals surface area contributed by atoms with Crippen LogP contribution in [0, 0.1) is 6.92 Å². The smallest absolute Gasteiger partial charge is 0.258 e. The highest BCUT2D eigenvalue weighted by atomic mass is 35.5. The summed E-state index contributed by atoms with van der Waals surface area (Å²) in [6.45, 7) is 2.83. The van der Waals surface area contributed by atoms with Gasteiger partial charge in [0.2, 0.25) is 0 Å². The molecule has 0 spiro atoms. The van der Waals surface area contributed by atoms with Gasteiger partial charge in [0.05, 0.1) is 27.4 Å². The molecule has 0 atom stereocenters. The van der Waals surface area contributed by atoms with Gasteiger partial charge in [0.1, 0.15) is 13.2 Å². The highest BCUT2D eigenvalue weighted by Gasteiger charge is 2.21. The largest absolute Gasteiger partial charge is 0.486 e. The molecule has 150 valence electrons. The number of hydrogen-bond acceptors (Lipinski definition) is 5. The number of carbonyl (C=O) groups is 1. The standard InChI is InChI=1S/C22H17ClN4O3/c1-13-19-20(23)16(12-24-21(19)27(26-13)15-5-3-2-4-6-15)22(28)25-14-7-8-17-18(11-14)30-10-9-29-17/h2-8,11-12H,9-10H2,1H3,(H,25,28). The van der Waals surface area contributed by atoms with Gasteiger partial charge in [-0.15, -0.1) is 0 Å². The number of pyridine rings is 1. The summed E-state index contributed by atoms with van der Waals surface area (Å²) in [6.07, 6.45) is 1.47. The van der Waals surface area contributed by atoms with Crippen LogP contribution >= 0.6 is 11.6 Å². The molecule has 1 aliphatic rings. The summed E-state index contributed by atoms with van der Waals surface area (Å²) < 4.78 is 12.8. The lowest BCUT2D eigenvalue weighted by atomic mass is 10.2. The Bertz CT molecular complexity index is 1270. The Balaban J connectivity index is 1.50. The number of anilines is 1. The van der Waals surface area contributed by atoms with Crippen molar-refractivity contribution in [1.29, 1.82) is 0 Å². The summed E-state index contributed by atoms with van der Waals surface area (Å²) in [5, 5.41) is 8.37. The van der Waals surface area contributed by atoms with E-state index in [0.29, 0.717) is 52.2 Å². The van der Waals surface area contributed by atoms with Crippen LogP contribution < -0.4 is 14.8 Å². The molecule has 7 nitrogen and oxygen atoms in total. The maximum Gasteiger partial charge on any atom is 0.258 e. The molecule has 0 saturated heterocycles. The van der Waals surface area contributed by atoms with E-state index in [0.717, 1.165) is 5.69 Å². The van der Waals surface area contributed by atoms with Gasteiger partial charge >= 0.3 is 0 Å². The number of ether oxygens (including phenoxy) is 2. The molecule has 4 aromatic rings. The van der Waals surface area contributed by atoms with E-state index in [1.807, 2.05) is 37.3 Å². The minimum atomic E-state index is -0.363. The zero-order valence-corrected chi connectivity index (χ0v) is 16.8. The predicted octanol–water partition coefficient (Wildman–Crippen LogP) is 4.41. The summed E-state index contributed by atoms with van der Waals surface area (Å²) in [6, 6.07) is 14.9. The number of benzene rings is 2. The third kappa shape index (κ3) is 3.13. The lowest BCUT2D eigenvalue weighted by molar-refractivity contribution is 0.102. The molecular weight excluding hydrogens is 404 g/mol. The van der Waals surface area contributed by atoms with Crippen molar-refractivity contribution in [2.75, 3.05) is 18.5 Å². The van der Waals surface area contributed by atoms with E-state index < -0.39 is 0 Å². The number of nitrogens with zero attached hydrogens (tertiary/aromatic N) is 3. The van der Waals surface area contributed by atoms with Gasteiger partial charge in [0, 0.05) is 18.0 Å². The SMILES string of the molecule is Cc1nn(-c2ccccc2)c2ncc(C(=O)Nc3ccc4c(c3)OCCO4)c(Cl)c12. The van der Waals surface area contributed by atoms with Gasteiger partial charge in [-0.2, -0.15) is 5.10 Å². The van der Waals surface area contributed by atoms with E-state index in [4.69, 9.17) is 21.1 Å². The quantitative estimate of drug-likeness (QED) is 0.531. The minimum Gasteiger partial charge on any atom is -0.486 e. The summed E-state index contributed by atoms with van der Waals surface area (Å²) in [7, 11) is 0. The van der Waals surface area contributed by atoms with Crippen LogP contribution in [-0.4, -0.2) is 33.9 Å². The molecule has 30 heavy (non-hydrogen) atoms. The van der Waals surface area contributed by atoms with E-state index in [1.54, 1.807) is 22.9 Å². The third-order valence-electron chi connectivity index (χ3n) is 4.85. The molecule has 2 aromatic heterocycles. The highest BCUT2D eigenvalue weighted by molar-refractivity contribution is 6.39. The molecule has 0 saturated carbocycles. The van der Waals surface area contributed by atoms with Crippen molar-refractivity contribution in [2.24, 2.45) is 0 Å². The van der Waals surface area contributed by atoms with Gasteiger partial charge in [0.25, 0.3) is 5.91 Å². The molecule has 1 amide bonds. The second kappa shape index (κ2) is 7.35. The van der Waals surface area contributed by atoms with Crippen LogP contribution in [0.2, 0.25) is 5.02 Å². The molecule has 2 aromatic carbocycles. The molecular formula is C22H17ClN4O3. The van der Waals surface area contributed by atoms with Crippen molar-refractivity contribution in [3.8, 4) is 17.2 Å². The highest BCUT2D eigenvalue weighted by Crippen LogP contribution is 2.34. The maximum atomic E-state index is 12.9. The number of carbonyl (C=O) groups excluding carboxylic acids is 1. The first kappa shape index (κ1) is 18.4. The number of aromatic nitrogens is 3. The zero-order valence-electron chi connectivity index (χ0n) is 16.1. The Morgan fingerprint density at radius 1 is 1.10 bits per heavy atom. The van der Waals surface area contributed by atoms with Crippen LogP contribution in [0.3, 0.4) is 0 Å². The summed E-state index contributed by atoms with van der Waals surface area (Å²) in [4.78, 5) is 17.4. The van der Waals surface area contributed by atoms with Gasteiger partial charge in [-0.1, -0.05) is 29.8 Å². The van der Waals surface area contributed by atoms with Gasteiger partial charge in [-0.25, -0.2) is 9.67 Å². The molecule has 8 heteroatoms. The Labute approximate surface area is 177 Å². The van der Waals surface area contributed by atoms with Crippen LogP contribution in [0.5, 0.6) is 11.5 Å².